The first-order chi connectivity index (χ1) is 10.3. The van der Waals surface area contributed by atoms with Gasteiger partial charge >= 0.3 is 0 Å². The first-order valence-corrected chi connectivity index (χ1v) is 8.14. The molecule has 2 atom stereocenters. The molecule has 3 heteroatoms. The number of fused-ring (bicyclic) bond motifs is 3. The van der Waals surface area contributed by atoms with Crippen molar-refractivity contribution in [1.82, 2.24) is 9.55 Å². The minimum absolute atomic E-state index is 0.197. The average Bonchev–Trinajstić information content (AvgIpc) is 3.11. The summed E-state index contributed by atoms with van der Waals surface area (Å²) in [6.45, 7) is 0. The molecule has 0 amide bonds. The van der Waals surface area contributed by atoms with Crippen LogP contribution in [0.2, 0.25) is 0 Å². The third-order valence-electron chi connectivity index (χ3n) is 5.26. The lowest BCUT2D eigenvalue weighted by Crippen LogP contribution is -2.26. The van der Waals surface area contributed by atoms with Crippen LogP contribution in [-0.2, 0) is 0 Å². The van der Waals surface area contributed by atoms with E-state index in [-0.39, 0.29) is 12.1 Å². The monoisotopic (exact) mass is 282 g/mol. The first kappa shape index (κ1) is 13.1. The van der Waals surface area contributed by atoms with E-state index < -0.39 is 0 Å². The summed E-state index contributed by atoms with van der Waals surface area (Å²) in [6.07, 6.45) is 10.7. The molecule has 1 aliphatic carbocycles. The Morgan fingerprint density at radius 2 is 2.00 bits per heavy atom. The molecule has 4 rings (SSSR count). The van der Waals surface area contributed by atoms with E-state index >= 15 is 0 Å². The van der Waals surface area contributed by atoms with Gasteiger partial charge in [-0.1, -0.05) is 43.5 Å². The van der Waals surface area contributed by atoms with Crippen LogP contribution in [0.25, 0.3) is 11.3 Å². The molecule has 2 aromatic rings. The maximum absolute atomic E-state index is 10.7. The minimum atomic E-state index is -0.197. The van der Waals surface area contributed by atoms with Gasteiger partial charge in [-0.15, -0.1) is 0 Å². The van der Waals surface area contributed by atoms with Gasteiger partial charge in [-0.05, 0) is 30.7 Å². The van der Waals surface area contributed by atoms with E-state index in [2.05, 4.69) is 33.8 Å². The summed E-state index contributed by atoms with van der Waals surface area (Å²) in [6, 6.07) is 8.78. The molecule has 1 saturated carbocycles. The van der Waals surface area contributed by atoms with Crippen LogP contribution in [0.5, 0.6) is 0 Å². The molecule has 3 nitrogen and oxygen atoms in total. The van der Waals surface area contributed by atoms with Crippen molar-refractivity contribution in [3.8, 4) is 11.3 Å². The second-order valence-electron chi connectivity index (χ2n) is 6.49. The maximum atomic E-state index is 10.7. The van der Waals surface area contributed by atoms with Crippen molar-refractivity contribution in [1.29, 1.82) is 0 Å². The van der Waals surface area contributed by atoms with Gasteiger partial charge in [-0.2, -0.15) is 0 Å². The Labute approximate surface area is 125 Å². The fraction of sp³-hybridized carbons (Fsp3) is 0.500. The highest BCUT2D eigenvalue weighted by Crippen LogP contribution is 2.42. The van der Waals surface area contributed by atoms with E-state index in [0.717, 1.165) is 6.42 Å². The number of rotatable bonds is 3. The third-order valence-corrected chi connectivity index (χ3v) is 5.26. The van der Waals surface area contributed by atoms with E-state index in [9.17, 15) is 5.11 Å². The topological polar surface area (TPSA) is 38.1 Å². The van der Waals surface area contributed by atoms with Gasteiger partial charge in [-0.3, -0.25) is 0 Å². The number of aliphatic hydroxyl groups is 1. The van der Waals surface area contributed by atoms with Crippen LogP contribution >= 0.6 is 0 Å². The predicted octanol–water partition coefficient (Wildman–Crippen LogP) is 3.78. The highest BCUT2D eigenvalue weighted by molar-refractivity contribution is 5.68. The fourth-order valence-corrected chi connectivity index (χ4v) is 4.11. The van der Waals surface area contributed by atoms with Crippen molar-refractivity contribution < 1.29 is 5.11 Å². The normalized spacial score (nSPS) is 22.8. The maximum Gasteiger partial charge on any atom is 0.0956 e. The summed E-state index contributed by atoms with van der Waals surface area (Å²) >= 11 is 0. The zero-order chi connectivity index (χ0) is 14.2. The summed E-state index contributed by atoms with van der Waals surface area (Å²) in [5.74, 6) is 0.485. The fourth-order valence-electron chi connectivity index (χ4n) is 4.11. The summed E-state index contributed by atoms with van der Waals surface area (Å²) < 4.78 is 2.23. The molecule has 0 saturated heterocycles. The van der Waals surface area contributed by atoms with Gasteiger partial charge in [0.15, 0.2) is 0 Å². The van der Waals surface area contributed by atoms with E-state index in [0.29, 0.717) is 5.92 Å². The van der Waals surface area contributed by atoms with Crippen LogP contribution in [0.15, 0.2) is 36.8 Å². The third kappa shape index (κ3) is 2.20. The van der Waals surface area contributed by atoms with E-state index in [1.807, 2.05) is 12.5 Å². The summed E-state index contributed by atoms with van der Waals surface area (Å²) in [7, 11) is 0. The molecule has 1 fully saturated rings. The Hall–Kier alpha value is -1.61. The summed E-state index contributed by atoms with van der Waals surface area (Å²) in [4.78, 5) is 4.29. The Morgan fingerprint density at radius 3 is 2.86 bits per heavy atom. The lowest BCUT2D eigenvalue weighted by molar-refractivity contribution is 0.0686. The van der Waals surface area contributed by atoms with Crippen LogP contribution < -0.4 is 0 Å². The lowest BCUT2D eigenvalue weighted by Gasteiger charge is -2.29. The van der Waals surface area contributed by atoms with Gasteiger partial charge in [0, 0.05) is 5.56 Å². The van der Waals surface area contributed by atoms with Crippen molar-refractivity contribution in [3.05, 3.63) is 42.4 Å². The average molecular weight is 282 g/mol. The molecule has 0 spiro atoms. The minimum Gasteiger partial charge on any atom is -0.393 e. The van der Waals surface area contributed by atoms with Gasteiger partial charge in [0.25, 0.3) is 0 Å². The molecule has 2 heterocycles. The van der Waals surface area contributed by atoms with Crippen molar-refractivity contribution in [2.75, 3.05) is 0 Å². The zero-order valence-corrected chi connectivity index (χ0v) is 12.3. The van der Waals surface area contributed by atoms with Gasteiger partial charge in [0.2, 0.25) is 0 Å². The Morgan fingerprint density at radius 1 is 1.19 bits per heavy atom. The van der Waals surface area contributed by atoms with Crippen molar-refractivity contribution in [3.63, 3.8) is 0 Å². The molecule has 1 aliphatic heterocycles. The summed E-state index contributed by atoms with van der Waals surface area (Å²) in [5, 5.41) is 10.7. The molecule has 110 valence electrons. The van der Waals surface area contributed by atoms with Crippen LogP contribution in [0.1, 0.15) is 50.1 Å². The predicted molar refractivity (Wildman–Crippen MR) is 83.0 cm³/mol. The number of aliphatic hydroxyl groups excluding tert-OH is 1. The standard InChI is InChI=1S/C18H22N2O/c21-18(13-6-2-1-3-7-13)10-16-14-8-4-5-9-15(14)17-11-19-12-20(16)17/h4-5,8-9,11-13,16,18,21H,1-3,6-7,10H2/t16?,18-/m1/s1. The number of benzene rings is 1. The van der Waals surface area contributed by atoms with Crippen LogP contribution in [0.3, 0.4) is 0 Å². The van der Waals surface area contributed by atoms with Crippen molar-refractivity contribution in [2.45, 2.75) is 50.7 Å². The number of hydrogen-bond acceptors (Lipinski definition) is 2. The SMILES string of the molecule is O[C@H](CC1c2ccccc2-c2cncn21)C1CCCCC1. The molecule has 2 aliphatic rings. The van der Waals surface area contributed by atoms with Crippen molar-refractivity contribution >= 4 is 0 Å². The Balaban J connectivity index is 1.60. The Bertz CT molecular complexity index is 628. The van der Waals surface area contributed by atoms with Gasteiger partial charge in [0.05, 0.1) is 30.4 Å². The summed E-state index contributed by atoms with van der Waals surface area (Å²) in [5.41, 5.74) is 3.80. The van der Waals surface area contributed by atoms with Gasteiger partial charge in [0.1, 0.15) is 0 Å². The molecular formula is C18H22N2O. The van der Waals surface area contributed by atoms with Gasteiger partial charge < -0.3 is 9.67 Å². The molecular weight excluding hydrogens is 260 g/mol. The number of nitrogens with zero attached hydrogens (tertiary/aromatic N) is 2. The molecule has 1 N–H and O–H groups in total. The van der Waals surface area contributed by atoms with E-state index in [1.165, 1.54) is 48.9 Å². The lowest BCUT2D eigenvalue weighted by atomic mass is 9.82. The van der Waals surface area contributed by atoms with Crippen molar-refractivity contribution in [2.24, 2.45) is 5.92 Å². The molecule has 0 bridgehead atoms. The smallest absolute Gasteiger partial charge is 0.0956 e. The second-order valence-corrected chi connectivity index (χ2v) is 6.49. The number of imidazole rings is 1. The zero-order valence-electron chi connectivity index (χ0n) is 12.3. The Kier molecular flexibility index (Phi) is 3.30. The number of hydrogen-bond donors (Lipinski definition) is 1. The molecule has 1 aromatic heterocycles. The van der Waals surface area contributed by atoms with E-state index in [1.54, 1.807) is 0 Å². The van der Waals surface area contributed by atoms with Crippen LogP contribution in [-0.4, -0.2) is 20.8 Å². The second kappa shape index (κ2) is 5.30. The molecule has 1 unspecified atom stereocenters. The number of aromatic nitrogens is 2. The molecule has 21 heavy (non-hydrogen) atoms. The highest BCUT2D eigenvalue weighted by atomic mass is 16.3. The molecule has 0 radical (unpaired) electrons. The van der Waals surface area contributed by atoms with Crippen LogP contribution in [0, 0.1) is 5.92 Å². The van der Waals surface area contributed by atoms with Crippen LogP contribution in [0.4, 0.5) is 0 Å². The highest BCUT2D eigenvalue weighted by Gasteiger charge is 2.32. The first-order valence-electron chi connectivity index (χ1n) is 8.14. The van der Waals surface area contributed by atoms with E-state index in [4.69, 9.17) is 0 Å². The largest absolute Gasteiger partial charge is 0.393 e. The van der Waals surface area contributed by atoms with Gasteiger partial charge in [-0.25, -0.2) is 4.98 Å². The quantitative estimate of drug-likeness (QED) is 0.930. The molecule has 1 aromatic carbocycles.